The molecule has 2 aromatic rings. The molecule has 1 aromatic carbocycles. The number of hydrogen-bond acceptors (Lipinski definition) is 5. The molecule has 21 heavy (non-hydrogen) atoms. The maximum atomic E-state index is 12.2. The highest BCUT2D eigenvalue weighted by atomic mass is 32.2. The van der Waals surface area contributed by atoms with Gasteiger partial charge in [0.1, 0.15) is 5.76 Å². The summed E-state index contributed by atoms with van der Waals surface area (Å²) in [6.07, 6.45) is 3.07. The number of nitrogens with two attached hydrogens (primary N) is 1. The summed E-state index contributed by atoms with van der Waals surface area (Å²) in [5, 5.41) is 0. The summed E-state index contributed by atoms with van der Waals surface area (Å²) in [7, 11) is -3.63. The highest BCUT2D eigenvalue weighted by molar-refractivity contribution is 7.89. The minimum Gasteiger partial charge on any atom is -0.444 e. The molecule has 0 amide bonds. The van der Waals surface area contributed by atoms with E-state index in [1.165, 1.54) is 6.07 Å². The minimum absolute atomic E-state index is 0.0117. The van der Waals surface area contributed by atoms with Crippen molar-refractivity contribution in [1.82, 2.24) is 9.71 Å². The largest absolute Gasteiger partial charge is 0.444 e. The van der Waals surface area contributed by atoms with Crippen LogP contribution < -0.4 is 10.5 Å². The standard InChI is InChI=1S/C14H19N3O3S/c1-3-10-5-6-12(7-13(10)15)21(18,19)17-9-14-16-8-11(4-2)20-14/h5-8,17H,3-4,9,15H2,1-2H3. The Morgan fingerprint density at radius 3 is 2.62 bits per heavy atom. The van der Waals surface area contributed by atoms with Crippen molar-refractivity contribution in [3.05, 3.63) is 41.6 Å². The number of nitrogen functional groups attached to an aromatic ring is 1. The highest BCUT2D eigenvalue weighted by Gasteiger charge is 2.16. The van der Waals surface area contributed by atoms with Gasteiger partial charge in [-0.3, -0.25) is 0 Å². The van der Waals surface area contributed by atoms with E-state index in [1.807, 2.05) is 13.8 Å². The number of nitrogens with one attached hydrogen (secondary N) is 1. The molecule has 3 N–H and O–H groups in total. The lowest BCUT2D eigenvalue weighted by molar-refractivity contribution is 0.452. The number of hydrogen-bond donors (Lipinski definition) is 2. The van der Waals surface area contributed by atoms with Gasteiger partial charge in [-0.2, -0.15) is 0 Å². The third-order valence-corrected chi connectivity index (χ3v) is 4.57. The molecule has 0 aliphatic heterocycles. The van der Waals surface area contributed by atoms with Gasteiger partial charge in [-0.25, -0.2) is 18.1 Å². The Kier molecular flexibility index (Phi) is 4.64. The minimum atomic E-state index is -3.63. The zero-order valence-corrected chi connectivity index (χ0v) is 12.9. The fourth-order valence-corrected chi connectivity index (χ4v) is 2.90. The summed E-state index contributed by atoms with van der Waals surface area (Å²) in [6, 6.07) is 4.74. The summed E-state index contributed by atoms with van der Waals surface area (Å²) in [4.78, 5) is 4.15. The molecule has 0 aliphatic rings. The normalized spacial score (nSPS) is 11.7. The van der Waals surface area contributed by atoms with Crippen molar-refractivity contribution in [1.29, 1.82) is 0 Å². The first kappa shape index (κ1) is 15.5. The fourth-order valence-electron chi connectivity index (χ4n) is 1.90. The molecule has 0 fully saturated rings. The molecule has 0 unspecified atom stereocenters. The molecule has 1 heterocycles. The Bertz CT molecular complexity index is 723. The summed E-state index contributed by atoms with van der Waals surface area (Å²) in [5.74, 6) is 1.06. The molecule has 0 atom stereocenters. The number of anilines is 1. The van der Waals surface area contributed by atoms with Crippen LogP contribution in [0.1, 0.15) is 31.1 Å². The van der Waals surface area contributed by atoms with Crippen molar-refractivity contribution < 1.29 is 12.8 Å². The first-order chi connectivity index (χ1) is 9.96. The zero-order chi connectivity index (χ0) is 15.5. The summed E-state index contributed by atoms with van der Waals surface area (Å²) < 4.78 is 32.2. The lowest BCUT2D eigenvalue weighted by Gasteiger charge is -2.08. The van der Waals surface area contributed by atoms with Gasteiger partial charge < -0.3 is 10.2 Å². The van der Waals surface area contributed by atoms with Crippen LogP contribution in [0, 0.1) is 0 Å². The van der Waals surface area contributed by atoms with E-state index in [9.17, 15) is 8.42 Å². The third-order valence-electron chi connectivity index (χ3n) is 3.17. The van der Waals surface area contributed by atoms with E-state index in [1.54, 1.807) is 18.3 Å². The smallest absolute Gasteiger partial charge is 0.241 e. The van der Waals surface area contributed by atoms with Gasteiger partial charge in [0.15, 0.2) is 0 Å². The molecule has 0 radical (unpaired) electrons. The number of rotatable bonds is 6. The Morgan fingerprint density at radius 1 is 1.29 bits per heavy atom. The first-order valence-electron chi connectivity index (χ1n) is 6.78. The number of aromatic nitrogens is 1. The average Bonchev–Trinajstić information content (AvgIpc) is 2.93. The monoisotopic (exact) mass is 309 g/mol. The second-order valence-corrected chi connectivity index (χ2v) is 6.38. The molecule has 0 saturated carbocycles. The second kappa shape index (κ2) is 6.28. The summed E-state index contributed by atoms with van der Waals surface area (Å²) in [5.41, 5.74) is 7.24. The fraction of sp³-hybridized carbons (Fsp3) is 0.357. The average molecular weight is 309 g/mol. The Balaban J connectivity index is 2.12. The SMILES string of the molecule is CCc1cnc(CNS(=O)(=O)c2ccc(CC)c(N)c2)o1. The third kappa shape index (κ3) is 3.62. The van der Waals surface area contributed by atoms with Crippen molar-refractivity contribution in [3.63, 3.8) is 0 Å². The van der Waals surface area contributed by atoms with E-state index in [2.05, 4.69) is 9.71 Å². The van der Waals surface area contributed by atoms with Crippen LogP contribution in [0.3, 0.4) is 0 Å². The van der Waals surface area contributed by atoms with Crippen molar-refractivity contribution in [2.45, 2.75) is 38.1 Å². The molecule has 0 saturated heterocycles. The highest BCUT2D eigenvalue weighted by Crippen LogP contribution is 2.18. The Hall–Kier alpha value is -1.86. The predicted octanol–water partition coefficient (Wildman–Crippen LogP) is 1.86. The maximum Gasteiger partial charge on any atom is 0.241 e. The Labute approximate surface area is 124 Å². The lowest BCUT2D eigenvalue weighted by Crippen LogP contribution is -2.23. The zero-order valence-electron chi connectivity index (χ0n) is 12.1. The van der Waals surface area contributed by atoms with E-state index in [0.29, 0.717) is 11.6 Å². The van der Waals surface area contributed by atoms with Gasteiger partial charge >= 0.3 is 0 Å². The van der Waals surface area contributed by atoms with Gasteiger partial charge in [0.05, 0.1) is 17.6 Å². The van der Waals surface area contributed by atoms with Crippen LogP contribution in [0.4, 0.5) is 5.69 Å². The Morgan fingerprint density at radius 2 is 2.05 bits per heavy atom. The molecular weight excluding hydrogens is 290 g/mol. The molecule has 0 spiro atoms. The quantitative estimate of drug-likeness (QED) is 0.794. The molecule has 6 nitrogen and oxygen atoms in total. The predicted molar refractivity (Wildman–Crippen MR) is 80.1 cm³/mol. The van der Waals surface area contributed by atoms with Crippen molar-refractivity contribution in [3.8, 4) is 0 Å². The van der Waals surface area contributed by atoms with Gasteiger partial charge in [0.2, 0.25) is 15.9 Å². The van der Waals surface area contributed by atoms with Gasteiger partial charge in [0.25, 0.3) is 0 Å². The van der Waals surface area contributed by atoms with E-state index in [0.717, 1.165) is 24.2 Å². The number of nitrogens with zero attached hydrogens (tertiary/aromatic N) is 1. The van der Waals surface area contributed by atoms with Crippen LogP contribution >= 0.6 is 0 Å². The van der Waals surface area contributed by atoms with Gasteiger partial charge in [-0.15, -0.1) is 0 Å². The molecule has 0 aliphatic carbocycles. The number of sulfonamides is 1. The van der Waals surface area contributed by atoms with Gasteiger partial charge in [-0.1, -0.05) is 19.9 Å². The van der Waals surface area contributed by atoms with E-state index >= 15 is 0 Å². The number of benzene rings is 1. The van der Waals surface area contributed by atoms with Crippen LogP contribution in [0.5, 0.6) is 0 Å². The first-order valence-corrected chi connectivity index (χ1v) is 8.26. The number of aryl methyl sites for hydroxylation is 2. The van der Waals surface area contributed by atoms with Gasteiger partial charge in [0, 0.05) is 12.1 Å². The maximum absolute atomic E-state index is 12.2. The molecule has 114 valence electrons. The van der Waals surface area contributed by atoms with E-state index in [4.69, 9.17) is 10.2 Å². The molecular formula is C14H19N3O3S. The summed E-state index contributed by atoms with van der Waals surface area (Å²) in [6.45, 7) is 3.91. The van der Waals surface area contributed by atoms with Crippen LogP contribution in [0.25, 0.3) is 0 Å². The lowest BCUT2D eigenvalue weighted by atomic mass is 10.1. The van der Waals surface area contributed by atoms with Crippen LogP contribution in [0.2, 0.25) is 0 Å². The molecule has 1 aromatic heterocycles. The van der Waals surface area contributed by atoms with Gasteiger partial charge in [-0.05, 0) is 24.1 Å². The van der Waals surface area contributed by atoms with Crippen LogP contribution in [-0.2, 0) is 29.4 Å². The van der Waals surface area contributed by atoms with Crippen molar-refractivity contribution in [2.24, 2.45) is 0 Å². The van der Waals surface area contributed by atoms with E-state index in [-0.39, 0.29) is 11.4 Å². The van der Waals surface area contributed by atoms with Crippen molar-refractivity contribution in [2.75, 3.05) is 5.73 Å². The molecule has 2 rings (SSSR count). The number of oxazole rings is 1. The topological polar surface area (TPSA) is 98.2 Å². The summed E-state index contributed by atoms with van der Waals surface area (Å²) >= 11 is 0. The van der Waals surface area contributed by atoms with E-state index < -0.39 is 10.0 Å². The van der Waals surface area contributed by atoms with Crippen LogP contribution in [-0.4, -0.2) is 13.4 Å². The second-order valence-electron chi connectivity index (χ2n) is 4.61. The molecule has 0 bridgehead atoms. The molecule has 7 heteroatoms. The van der Waals surface area contributed by atoms with Crippen LogP contribution in [0.15, 0.2) is 33.7 Å². The van der Waals surface area contributed by atoms with Crippen molar-refractivity contribution >= 4 is 15.7 Å².